The van der Waals surface area contributed by atoms with Crippen LogP contribution >= 0.6 is 0 Å². The second kappa shape index (κ2) is 9.50. The monoisotopic (exact) mass is 379 g/mol. The van der Waals surface area contributed by atoms with E-state index in [1.54, 1.807) is 37.6 Å². The molecule has 0 spiro atoms. The highest BCUT2D eigenvalue weighted by atomic mass is 19.1. The molecule has 6 heteroatoms. The van der Waals surface area contributed by atoms with Gasteiger partial charge in [0.25, 0.3) is 5.91 Å². The SMILES string of the molecule is COc1ccccc1CCNC(=O)c1cc(NCc2ccc(F)cc2)ccn1. The average Bonchev–Trinajstić information content (AvgIpc) is 2.74. The first kappa shape index (κ1) is 19.4. The molecule has 3 rings (SSSR count). The van der Waals surface area contributed by atoms with Crippen LogP contribution in [0, 0.1) is 5.82 Å². The molecule has 28 heavy (non-hydrogen) atoms. The molecular weight excluding hydrogens is 357 g/mol. The van der Waals surface area contributed by atoms with E-state index in [4.69, 9.17) is 4.74 Å². The number of aromatic nitrogens is 1. The van der Waals surface area contributed by atoms with Crippen LogP contribution in [0.5, 0.6) is 5.75 Å². The first-order chi connectivity index (χ1) is 13.7. The van der Waals surface area contributed by atoms with Crippen LogP contribution in [0.1, 0.15) is 21.6 Å². The number of rotatable bonds is 8. The summed E-state index contributed by atoms with van der Waals surface area (Å²) in [6.45, 7) is 1.01. The molecule has 0 saturated heterocycles. The van der Waals surface area contributed by atoms with Crippen LogP contribution in [0.25, 0.3) is 0 Å². The zero-order chi connectivity index (χ0) is 19.8. The van der Waals surface area contributed by atoms with Crippen molar-refractivity contribution < 1.29 is 13.9 Å². The molecule has 0 atom stereocenters. The van der Waals surface area contributed by atoms with Crippen LogP contribution in [0.15, 0.2) is 66.9 Å². The fourth-order valence-corrected chi connectivity index (χ4v) is 2.78. The predicted octanol–water partition coefficient (Wildman–Crippen LogP) is 3.81. The van der Waals surface area contributed by atoms with E-state index in [2.05, 4.69) is 15.6 Å². The molecule has 1 aromatic heterocycles. The number of benzene rings is 2. The molecule has 0 aliphatic rings. The Bertz CT molecular complexity index is 929. The smallest absolute Gasteiger partial charge is 0.269 e. The summed E-state index contributed by atoms with van der Waals surface area (Å²) in [4.78, 5) is 16.5. The van der Waals surface area contributed by atoms with Crippen molar-refractivity contribution in [2.75, 3.05) is 19.0 Å². The van der Waals surface area contributed by atoms with Gasteiger partial charge in [0.05, 0.1) is 7.11 Å². The fraction of sp³-hybridized carbons (Fsp3) is 0.182. The maximum atomic E-state index is 13.0. The number of nitrogens with zero attached hydrogens (tertiary/aromatic N) is 1. The molecule has 0 fully saturated rings. The molecular formula is C22H22FN3O2. The lowest BCUT2D eigenvalue weighted by atomic mass is 10.1. The highest BCUT2D eigenvalue weighted by molar-refractivity contribution is 5.93. The highest BCUT2D eigenvalue weighted by Crippen LogP contribution is 2.17. The minimum atomic E-state index is -0.264. The Hall–Kier alpha value is -3.41. The van der Waals surface area contributed by atoms with Gasteiger partial charge in [0.1, 0.15) is 17.3 Å². The summed E-state index contributed by atoms with van der Waals surface area (Å²) in [5.41, 5.74) is 3.09. The third-order valence-corrected chi connectivity index (χ3v) is 4.27. The van der Waals surface area contributed by atoms with Gasteiger partial charge in [-0.15, -0.1) is 0 Å². The number of hydrogen-bond donors (Lipinski definition) is 2. The second-order valence-electron chi connectivity index (χ2n) is 6.23. The third-order valence-electron chi connectivity index (χ3n) is 4.27. The van der Waals surface area contributed by atoms with Crippen molar-refractivity contribution in [2.45, 2.75) is 13.0 Å². The number of carbonyl (C=O) groups excluding carboxylic acids is 1. The van der Waals surface area contributed by atoms with Gasteiger partial charge in [-0.2, -0.15) is 0 Å². The summed E-state index contributed by atoms with van der Waals surface area (Å²) in [5.74, 6) is 0.307. The van der Waals surface area contributed by atoms with E-state index in [1.165, 1.54) is 12.1 Å². The largest absolute Gasteiger partial charge is 0.496 e. The van der Waals surface area contributed by atoms with Crippen molar-refractivity contribution in [1.29, 1.82) is 0 Å². The van der Waals surface area contributed by atoms with E-state index in [-0.39, 0.29) is 11.7 Å². The number of para-hydroxylation sites is 1. The number of halogens is 1. The maximum Gasteiger partial charge on any atom is 0.269 e. The Morgan fingerprint density at radius 1 is 1.11 bits per heavy atom. The van der Waals surface area contributed by atoms with E-state index in [0.717, 1.165) is 22.6 Å². The Balaban J connectivity index is 1.54. The number of carbonyl (C=O) groups is 1. The van der Waals surface area contributed by atoms with E-state index in [0.29, 0.717) is 25.2 Å². The number of pyridine rings is 1. The number of ether oxygens (including phenoxy) is 1. The Morgan fingerprint density at radius 3 is 2.68 bits per heavy atom. The van der Waals surface area contributed by atoms with Crippen molar-refractivity contribution in [3.05, 3.63) is 89.5 Å². The van der Waals surface area contributed by atoms with Gasteiger partial charge in [0.15, 0.2) is 0 Å². The van der Waals surface area contributed by atoms with Gasteiger partial charge in [-0.1, -0.05) is 30.3 Å². The highest BCUT2D eigenvalue weighted by Gasteiger charge is 2.09. The van der Waals surface area contributed by atoms with Crippen LogP contribution in [-0.2, 0) is 13.0 Å². The fourth-order valence-electron chi connectivity index (χ4n) is 2.78. The van der Waals surface area contributed by atoms with Gasteiger partial charge in [0.2, 0.25) is 0 Å². The molecule has 0 aliphatic heterocycles. The molecule has 2 N–H and O–H groups in total. The van der Waals surface area contributed by atoms with Crippen LogP contribution in [-0.4, -0.2) is 24.5 Å². The number of nitrogens with one attached hydrogen (secondary N) is 2. The molecule has 2 aromatic carbocycles. The molecule has 0 bridgehead atoms. The van der Waals surface area contributed by atoms with Crippen molar-refractivity contribution in [3.8, 4) is 5.75 Å². The summed E-state index contributed by atoms with van der Waals surface area (Å²) in [6, 6.07) is 17.5. The van der Waals surface area contributed by atoms with E-state index < -0.39 is 0 Å². The molecule has 1 amide bonds. The predicted molar refractivity (Wildman–Crippen MR) is 107 cm³/mol. The lowest BCUT2D eigenvalue weighted by Gasteiger charge is -2.10. The van der Waals surface area contributed by atoms with Gasteiger partial charge in [-0.3, -0.25) is 9.78 Å². The summed E-state index contributed by atoms with van der Waals surface area (Å²) in [5, 5.41) is 6.09. The summed E-state index contributed by atoms with van der Waals surface area (Å²) < 4.78 is 18.3. The van der Waals surface area contributed by atoms with Gasteiger partial charge < -0.3 is 15.4 Å². The van der Waals surface area contributed by atoms with Gasteiger partial charge in [-0.05, 0) is 47.9 Å². The molecule has 3 aromatic rings. The van der Waals surface area contributed by atoms with E-state index in [9.17, 15) is 9.18 Å². The van der Waals surface area contributed by atoms with Gasteiger partial charge >= 0.3 is 0 Å². The standard InChI is InChI=1S/C22H22FN3O2/c1-28-21-5-3-2-4-17(21)10-12-25-22(27)20-14-19(11-13-24-20)26-15-16-6-8-18(23)9-7-16/h2-9,11,13-14H,10,12,15H2,1H3,(H,24,26)(H,25,27). The van der Waals surface area contributed by atoms with E-state index >= 15 is 0 Å². The summed E-state index contributed by atoms with van der Waals surface area (Å²) in [6.07, 6.45) is 2.25. The van der Waals surface area contributed by atoms with Crippen molar-refractivity contribution >= 4 is 11.6 Å². The molecule has 0 aliphatic carbocycles. The van der Waals surface area contributed by atoms with Crippen LogP contribution < -0.4 is 15.4 Å². The molecule has 5 nitrogen and oxygen atoms in total. The van der Waals surface area contributed by atoms with Crippen LogP contribution in [0.4, 0.5) is 10.1 Å². The number of methoxy groups -OCH3 is 1. The van der Waals surface area contributed by atoms with Crippen molar-refractivity contribution in [2.24, 2.45) is 0 Å². The van der Waals surface area contributed by atoms with Crippen molar-refractivity contribution in [1.82, 2.24) is 10.3 Å². The minimum Gasteiger partial charge on any atom is -0.496 e. The van der Waals surface area contributed by atoms with Gasteiger partial charge in [-0.25, -0.2) is 4.39 Å². The lowest BCUT2D eigenvalue weighted by Crippen LogP contribution is -2.26. The first-order valence-corrected chi connectivity index (χ1v) is 9.00. The lowest BCUT2D eigenvalue weighted by molar-refractivity contribution is 0.0949. The zero-order valence-electron chi connectivity index (χ0n) is 15.6. The minimum absolute atomic E-state index is 0.236. The average molecular weight is 379 g/mol. The normalized spacial score (nSPS) is 10.4. The Labute approximate surface area is 163 Å². The topological polar surface area (TPSA) is 63.2 Å². The molecule has 1 heterocycles. The summed E-state index contributed by atoms with van der Waals surface area (Å²) in [7, 11) is 1.63. The maximum absolute atomic E-state index is 13.0. The molecule has 144 valence electrons. The second-order valence-corrected chi connectivity index (χ2v) is 6.23. The Kier molecular flexibility index (Phi) is 6.57. The van der Waals surface area contributed by atoms with Crippen LogP contribution in [0.2, 0.25) is 0 Å². The molecule has 0 unspecified atom stereocenters. The van der Waals surface area contributed by atoms with Crippen LogP contribution in [0.3, 0.4) is 0 Å². The number of anilines is 1. The summed E-state index contributed by atoms with van der Waals surface area (Å²) >= 11 is 0. The quantitative estimate of drug-likeness (QED) is 0.625. The number of amides is 1. The van der Waals surface area contributed by atoms with Crippen molar-refractivity contribution in [3.63, 3.8) is 0 Å². The molecule has 0 radical (unpaired) electrons. The zero-order valence-corrected chi connectivity index (χ0v) is 15.6. The number of hydrogen-bond acceptors (Lipinski definition) is 4. The first-order valence-electron chi connectivity index (χ1n) is 9.00. The van der Waals surface area contributed by atoms with Gasteiger partial charge in [0, 0.05) is 25.0 Å². The third kappa shape index (κ3) is 5.30. The Morgan fingerprint density at radius 2 is 1.89 bits per heavy atom. The molecule has 0 saturated carbocycles. The van der Waals surface area contributed by atoms with E-state index in [1.807, 2.05) is 24.3 Å².